The molecule has 1 aromatic heterocycles. The number of halogens is 2. The van der Waals surface area contributed by atoms with E-state index in [4.69, 9.17) is 23.2 Å². The predicted molar refractivity (Wildman–Crippen MR) is 137 cm³/mol. The van der Waals surface area contributed by atoms with Gasteiger partial charge in [0.15, 0.2) is 0 Å². The van der Waals surface area contributed by atoms with E-state index in [1.807, 2.05) is 24.3 Å². The average Bonchev–Trinajstić information content (AvgIpc) is 3.61. The number of aromatic nitrogens is 1. The van der Waals surface area contributed by atoms with Gasteiger partial charge < -0.3 is 15.5 Å². The van der Waals surface area contributed by atoms with Crippen molar-refractivity contribution >= 4 is 46.5 Å². The van der Waals surface area contributed by atoms with Crippen molar-refractivity contribution in [2.45, 2.75) is 24.7 Å². The first-order valence-electron chi connectivity index (χ1n) is 11.0. The lowest BCUT2D eigenvalue weighted by atomic mass is 9.91. The van der Waals surface area contributed by atoms with E-state index in [1.54, 1.807) is 24.3 Å². The summed E-state index contributed by atoms with van der Waals surface area (Å²) in [4.78, 5) is 32.1. The Morgan fingerprint density at radius 1 is 0.941 bits per heavy atom. The molecule has 176 valence electrons. The Morgan fingerprint density at radius 3 is 2.26 bits per heavy atom. The van der Waals surface area contributed by atoms with Crippen molar-refractivity contribution in [2.24, 2.45) is 0 Å². The molecule has 8 heteroatoms. The highest BCUT2D eigenvalue weighted by molar-refractivity contribution is 6.31. The van der Waals surface area contributed by atoms with E-state index in [1.165, 1.54) is 30.7 Å². The molecule has 2 amide bonds. The molecule has 4 rings (SSSR count). The normalized spacial score (nSPS) is 14.0. The molecular formula is C26H26Cl2N4O2. The van der Waals surface area contributed by atoms with E-state index in [9.17, 15) is 9.59 Å². The van der Waals surface area contributed by atoms with E-state index in [-0.39, 0.29) is 16.9 Å². The molecule has 0 aliphatic heterocycles. The quantitative estimate of drug-likeness (QED) is 0.408. The van der Waals surface area contributed by atoms with Crippen molar-refractivity contribution in [3.8, 4) is 0 Å². The van der Waals surface area contributed by atoms with Gasteiger partial charge in [0.25, 0.3) is 11.8 Å². The third-order valence-electron chi connectivity index (χ3n) is 6.09. The molecule has 34 heavy (non-hydrogen) atoms. The highest BCUT2D eigenvalue weighted by atomic mass is 35.5. The number of nitrogens with one attached hydrogen (secondary N) is 2. The molecule has 1 aliphatic carbocycles. The van der Waals surface area contributed by atoms with E-state index >= 15 is 0 Å². The van der Waals surface area contributed by atoms with Crippen molar-refractivity contribution in [3.63, 3.8) is 0 Å². The minimum absolute atomic E-state index is 0.231. The number of benzene rings is 2. The first-order valence-corrected chi connectivity index (χ1v) is 11.8. The lowest BCUT2D eigenvalue weighted by Gasteiger charge is -2.19. The molecule has 0 radical (unpaired) electrons. The van der Waals surface area contributed by atoms with E-state index < -0.39 is 5.91 Å². The van der Waals surface area contributed by atoms with Gasteiger partial charge in [-0.25, -0.2) is 4.98 Å². The highest BCUT2D eigenvalue weighted by Crippen LogP contribution is 2.51. The molecule has 0 spiro atoms. The summed E-state index contributed by atoms with van der Waals surface area (Å²) in [7, 11) is 4.17. The zero-order valence-electron chi connectivity index (χ0n) is 19.1. The summed E-state index contributed by atoms with van der Waals surface area (Å²) in [5.74, 6) is -0.407. The van der Waals surface area contributed by atoms with Gasteiger partial charge in [-0.3, -0.25) is 9.59 Å². The van der Waals surface area contributed by atoms with E-state index in [2.05, 4.69) is 34.6 Å². The van der Waals surface area contributed by atoms with Crippen molar-refractivity contribution in [3.05, 3.63) is 87.5 Å². The summed E-state index contributed by atoms with van der Waals surface area (Å²) >= 11 is 12.0. The standard InChI is InChI=1S/C26H26Cl2N4O2/c1-32(2)14-13-26(11-12-26)18-5-3-17(4-6-18)24(33)30-22-9-7-19(27)15-21(22)25(34)31-23-10-8-20(28)16-29-23/h3-10,15-16H,11-14H2,1-2H3,(H,30,33)(H,29,31,34). The van der Waals surface area contributed by atoms with Gasteiger partial charge in [0, 0.05) is 16.8 Å². The molecule has 0 saturated heterocycles. The van der Waals surface area contributed by atoms with Gasteiger partial charge in [-0.05, 0) is 93.3 Å². The number of rotatable bonds is 8. The number of anilines is 2. The molecule has 0 unspecified atom stereocenters. The second-order valence-electron chi connectivity index (χ2n) is 8.87. The largest absolute Gasteiger partial charge is 0.321 e. The molecule has 6 nitrogen and oxygen atoms in total. The fourth-order valence-corrected chi connectivity index (χ4v) is 4.17. The molecule has 2 N–H and O–H groups in total. The Labute approximate surface area is 209 Å². The van der Waals surface area contributed by atoms with Crippen LogP contribution in [0.15, 0.2) is 60.8 Å². The fourth-order valence-electron chi connectivity index (χ4n) is 3.89. The van der Waals surface area contributed by atoms with E-state index in [0.29, 0.717) is 27.1 Å². The van der Waals surface area contributed by atoms with Crippen LogP contribution in [0.3, 0.4) is 0 Å². The Kier molecular flexibility index (Phi) is 7.22. The first-order chi connectivity index (χ1) is 16.3. The maximum atomic E-state index is 13.0. The third-order valence-corrected chi connectivity index (χ3v) is 6.55. The monoisotopic (exact) mass is 496 g/mol. The van der Waals surface area contributed by atoms with Crippen LogP contribution in [-0.4, -0.2) is 42.3 Å². The molecule has 1 fully saturated rings. The third kappa shape index (κ3) is 5.76. The second-order valence-corrected chi connectivity index (χ2v) is 9.74. The topological polar surface area (TPSA) is 74.3 Å². The lowest BCUT2D eigenvalue weighted by molar-refractivity contribution is 0.102. The van der Waals surface area contributed by atoms with Crippen LogP contribution >= 0.6 is 23.2 Å². The number of hydrogen-bond acceptors (Lipinski definition) is 4. The van der Waals surface area contributed by atoms with Crippen molar-refractivity contribution in [1.82, 2.24) is 9.88 Å². The van der Waals surface area contributed by atoms with Gasteiger partial charge in [-0.15, -0.1) is 0 Å². The smallest absolute Gasteiger partial charge is 0.258 e. The van der Waals surface area contributed by atoms with Crippen LogP contribution in [0.1, 0.15) is 45.5 Å². The maximum Gasteiger partial charge on any atom is 0.258 e. The van der Waals surface area contributed by atoms with Crippen LogP contribution in [0.4, 0.5) is 11.5 Å². The summed E-state index contributed by atoms with van der Waals surface area (Å²) in [5.41, 5.74) is 2.61. The van der Waals surface area contributed by atoms with Gasteiger partial charge in [0.1, 0.15) is 5.82 Å². The number of amides is 2. The number of pyridine rings is 1. The Morgan fingerprint density at radius 2 is 1.65 bits per heavy atom. The van der Waals surface area contributed by atoms with Crippen LogP contribution in [-0.2, 0) is 5.41 Å². The van der Waals surface area contributed by atoms with Gasteiger partial charge in [-0.2, -0.15) is 0 Å². The average molecular weight is 497 g/mol. The molecule has 0 bridgehead atoms. The van der Waals surface area contributed by atoms with Crippen LogP contribution in [0.25, 0.3) is 0 Å². The second kappa shape index (κ2) is 10.1. The minimum Gasteiger partial charge on any atom is -0.321 e. The summed E-state index contributed by atoms with van der Waals surface area (Å²) < 4.78 is 0. The van der Waals surface area contributed by atoms with Crippen LogP contribution in [0.5, 0.6) is 0 Å². The highest BCUT2D eigenvalue weighted by Gasteiger charge is 2.43. The van der Waals surface area contributed by atoms with Gasteiger partial charge in [0.05, 0.1) is 16.3 Å². The SMILES string of the molecule is CN(C)CCC1(c2ccc(C(=O)Nc3ccc(Cl)cc3C(=O)Nc3ccc(Cl)cn3)cc2)CC1. The predicted octanol–water partition coefficient (Wildman–Crippen LogP) is 5.88. The maximum absolute atomic E-state index is 13.0. The molecular weight excluding hydrogens is 471 g/mol. The summed E-state index contributed by atoms with van der Waals surface area (Å²) in [6, 6.07) is 15.7. The van der Waals surface area contributed by atoms with Crippen LogP contribution in [0, 0.1) is 0 Å². The van der Waals surface area contributed by atoms with E-state index in [0.717, 1.165) is 13.0 Å². The summed E-state index contributed by atoms with van der Waals surface area (Å²) in [5, 5.41) is 6.37. The molecule has 3 aromatic rings. The number of carbonyl (C=O) groups excluding carboxylic acids is 2. The number of nitrogens with zero attached hydrogens (tertiary/aromatic N) is 2. The van der Waals surface area contributed by atoms with Gasteiger partial charge in [0.2, 0.25) is 0 Å². The Balaban J connectivity index is 1.48. The molecule has 1 aliphatic rings. The number of carbonyl (C=O) groups is 2. The molecule has 2 aromatic carbocycles. The Bertz CT molecular complexity index is 1190. The van der Waals surface area contributed by atoms with Crippen molar-refractivity contribution in [1.29, 1.82) is 0 Å². The molecule has 1 saturated carbocycles. The van der Waals surface area contributed by atoms with Crippen LogP contribution in [0.2, 0.25) is 10.0 Å². The number of hydrogen-bond donors (Lipinski definition) is 2. The molecule has 1 heterocycles. The summed E-state index contributed by atoms with van der Waals surface area (Å²) in [6.45, 7) is 1.04. The molecule has 0 atom stereocenters. The van der Waals surface area contributed by atoms with Crippen LogP contribution < -0.4 is 10.6 Å². The Hall–Kier alpha value is -2.93. The lowest BCUT2D eigenvalue weighted by Crippen LogP contribution is -2.20. The summed E-state index contributed by atoms with van der Waals surface area (Å²) in [6.07, 6.45) is 4.90. The zero-order chi connectivity index (χ0) is 24.3. The van der Waals surface area contributed by atoms with Gasteiger partial charge in [-0.1, -0.05) is 35.3 Å². The van der Waals surface area contributed by atoms with Gasteiger partial charge >= 0.3 is 0 Å². The minimum atomic E-state index is -0.445. The zero-order valence-corrected chi connectivity index (χ0v) is 20.6. The van der Waals surface area contributed by atoms with Crippen molar-refractivity contribution in [2.75, 3.05) is 31.3 Å². The van der Waals surface area contributed by atoms with Crippen molar-refractivity contribution < 1.29 is 9.59 Å². The first kappa shape index (κ1) is 24.2. The fraction of sp³-hybridized carbons (Fsp3) is 0.269.